The summed E-state index contributed by atoms with van der Waals surface area (Å²) in [5.74, 6) is 0.00208. The van der Waals surface area contributed by atoms with Crippen LogP contribution < -0.4 is 9.47 Å². The molecule has 2 aliphatic heterocycles. The SMILES string of the molecule is COCC(=O)N(CCN1CCOCC1)CC(=O)N1N=C(c2ccccc2F)C[C@@H]1c1cc(OC)ccc1OC. The number of hydrazone groups is 1. The number of halogens is 1. The molecule has 10 nitrogen and oxygen atoms in total. The van der Waals surface area contributed by atoms with Gasteiger partial charge in [0.15, 0.2) is 0 Å². The van der Waals surface area contributed by atoms with Crippen LogP contribution in [0.25, 0.3) is 0 Å². The van der Waals surface area contributed by atoms with Crippen LogP contribution in [-0.4, -0.2) is 106 Å². The fraction of sp³-hybridized carbons (Fsp3) is 0.464. The van der Waals surface area contributed by atoms with E-state index in [9.17, 15) is 14.0 Å². The van der Waals surface area contributed by atoms with E-state index >= 15 is 0 Å². The Morgan fingerprint density at radius 3 is 2.56 bits per heavy atom. The summed E-state index contributed by atoms with van der Waals surface area (Å²) in [7, 11) is 4.54. The molecule has 0 aliphatic carbocycles. The number of nitrogens with zero attached hydrogens (tertiary/aromatic N) is 4. The van der Waals surface area contributed by atoms with E-state index in [4.69, 9.17) is 18.9 Å². The molecule has 2 amide bonds. The van der Waals surface area contributed by atoms with Gasteiger partial charge in [-0.25, -0.2) is 9.40 Å². The maximum absolute atomic E-state index is 14.7. The van der Waals surface area contributed by atoms with Crippen molar-refractivity contribution in [2.45, 2.75) is 12.5 Å². The Hall–Kier alpha value is -3.54. The van der Waals surface area contributed by atoms with E-state index in [0.717, 1.165) is 13.1 Å². The molecular weight excluding hydrogens is 507 g/mol. The summed E-state index contributed by atoms with van der Waals surface area (Å²) >= 11 is 0. The first kappa shape index (κ1) is 28.5. The highest BCUT2D eigenvalue weighted by Gasteiger charge is 2.37. The minimum absolute atomic E-state index is 0.146. The number of carbonyl (C=O) groups excluding carboxylic acids is 2. The number of hydrogen-bond acceptors (Lipinski definition) is 8. The largest absolute Gasteiger partial charge is 0.497 e. The van der Waals surface area contributed by atoms with E-state index in [0.29, 0.717) is 54.6 Å². The smallest absolute Gasteiger partial charge is 0.262 e. The lowest BCUT2D eigenvalue weighted by Crippen LogP contribution is -2.47. The third-order valence-corrected chi connectivity index (χ3v) is 6.88. The number of benzene rings is 2. The third kappa shape index (κ3) is 6.92. The molecule has 0 bridgehead atoms. The average molecular weight is 543 g/mol. The summed E-state index contributed by atoms with van der Waals surface area (Å²) in [6.45, 7) is 3.39. The molecule has 0 spiro atoms. The van der Waals surface area contributed by atoms with Gasteiger partial charge in [-0.15, -0.1) is 0 Å². The van der Waals surface area contributed by atoms with Crippen LogP contribution in [0, 0.1) is 5.82 Å². The maximum atomic E-state index is 14.7. The van der Waals surface area contributed by atoms with Gasteiger partial charge in [-0.3, -0.25) is 14.5 Å². The summed E-state index contributed by atoms with van der Waals surface area (Å²) in [5.41, 5.74) is 1.42. The number of ether oxygens (including phenoxy) is 4. The van der Waals surface area contributed by atoms with Gasteiger partial charge in [0.25, 0.3) is 5.91 Å². The zero-order valence-electron chi connectivity index (χ0n) is 22.6. The van der Waals surface area contributed by atoms with Crippen molar-refractivity contribution < 1.29 is 32.9 Å². The first-order valence-electron chi connectivity index (χ1n) is 12.9. The van der Waals surface area contributed by atoms with Gasteiger partial charge >= 0.3 is 0 Å². The Morgan fingerprint density at radius 2 is 1.87 bits per heavy atom. The molecule has 2 aliphatic rings. The van der Waals surface area contributed by atoms with Crippen molar-refractivity contribution in [1.29, 1.82) is 0 Å². The van der Waals surface area contributed by atoms with Crippen LogP contribution in [0.1, 0.15) is 23.6 Å². The van der Waals surface area contributed by atoms with Gasteiger partial charge in [0.2, 0.25) is 5.91 Å². The molecule has 210 valence electrons. The van der Waals surface area contributed by atoms with Gasteiger partial charge in [-0.1, -0.05) is 18.2 Å². The topological polar surface area (TPSA) is 93.1 Å². The summed E-state index contributed by atoms with van der Waals surface area (Å²) in [5, 5.41) is 5.92. The third-order valence-electron chi connectivity index (χ3n) is 6.88. The number of morpholine rings is 1. The summed E-state index contributed by atoms with van der Waals surface area (Å²) < 4.78 is 36.2. The first-order valence-corrected chi connectivity index (χ1v) is 12.9. The summed E-state index contributed by atoms with van der Waals surface area (Å²) in [6.07, 6.45) is 0.260. The van der Waals surface area contributed by atoms with Crippen LogP contribution in [0.5, 0.6) is 11.5 Å². The normalized spacial score (nSPS) is 17.6. The fourth-order valence-electron chi connectivity index (χ4n) is 4.77. The second-order valence-electron chi connectivity index (χ2n) is 9.29. The number of rotatable bonds is 11. The second-order valence-corrected chi connectivity index (χ2v) is 9.29. The molecule has 0 N–H and O–H groups in total. The molecule has 0 radical (unpaired) electrons. The molecule has 0 unspecified atom stereocenters. The lowest BCUT2D eigenvalue weighted by Gasteiger charge is -2.31. The summed E-state index contributed by atoms with van der Waals surface area (Å²) in [6, 6.07) is 11.1. The van der Waals surface area contributed by atoms with Crippen molar-refractivity contribution in [3.8, 4) is 11.5 Å². The molecule has 2 aromatic carbocycles. The molecule has 1 atom stereocenters. The highest BCUT2D eigenvalue weighted by molar-refractivity contribution is 6.03. The molecule has 1 fully saturated rings. The van der Waals surface area contributed by atoms with E-state index < -0.39 is 17.8 Å². The Balaban J connectivity index is 1.63. The van der Waals surface area contributed by atoms with Crippen molar-refractivity contribution in [1.82, 2.24) is 14.8 Å². The monoisotopic (exact) mass is 542 g/mol. The van der Waals surface area contributed by atoms with Crippen molar-refractivity contribution in [2.75, 3.05) is 73.9 Å². The molecule has 39 heavy (non-hydrogen) atoms. The van der Waals surface area contributed by atoms with Crippen molar-refractivity contribution >= 4 is 17.5 Å². The van der Waals surface area contributed by atoms with Crippen molar-refractivity contribution in [2.24, 2.45) is 5.10 Å². The summed E-state index contributed by atoms with van der Waals surface area (Å²) in [4.78, 5) is 30.4. The molecule has 2 aromatic rings. The van der Waals surface area contributed by atoms with Crippen LogP contribution in [0.4, 0.5) is 4.39 Å². The number of amides is 2. The van der Waals surface area contributed by atoms with E-state index in [1.807, 2.05) is 0 Å². The highest BCUT2D eigenvalue weighted by atomic mass is 19.1. The number of methoxy groups -OCH3 is 3. The Morgan fingerprint density at radius 1 is 1.10 bits per heavy atom. The molecule has 4 rings (SSSR count). The average Bonchev–Trinajstić information content (AvgIpc) is 3.41. The van der Waals surface area contributed by atoms with Gasteiger partial charge in [-0.2, -0.15) is 5.10 Å². The van der Waals surface area contributed by atoms with E-state index in [-0.39, 0.29) is 25.5 Å². The minimum atomic E-state index is -0.587. The Bertz CT molecular complexity index is 1190. The van der Waals surface area contributed by atoms with E-state index in [1.54, 1.807) is 50.6 Å². The maximum Gasteiger partial charge on any atom is 0.262 e. The lowest BCUT2D eigenvalue weighted by molar-refractivity contribution is -0.143. The zero-order valence-corrected chi connectivity index (χ0v) is 22.6. The van der Waals surface area contributed by atoms with Crippen LogP contribution in [-0.2, 0) is 19.1 Å². The van der Waals surface area contributed by atoms with Crippen LogP contribution >= 0.6 is 0 Å². The molecule has 0 saturated carbocycles. The quantitative estimate of drug-likeness (QED) is 0.430. The van der Waals surface area contributed by atoms with E-state index in [1.165, 1.54) is 23.1 Å². The van der Waals surface area contributed by atoms with Gasteiger partial charge in [-0.05, 0) is 24.3 Å². The van der Waals surface area contributed by atoms with Gasteiger partial charge in [0.1, 0.15) is 30.5 Å². The molecule has 2 heterocycles. The Labute approximate surface area is 227 Å². The van der Waals surface area contributed by atoms with Crippen molar-refractivity contribution in [3.05, 3.63) is 59.4 Å². The van der Waals surface area contributed by atoms with Gasteiger partial charge in [0, 0.05) is 50.8 Å². The lowest BCUT2D eigenvalue weighted by atomic mass is 9.97. The number of hydrogen-bond donors (Lipinski definition) is 0. The van der Waals surface area contributed by atoms with Gasteiger partial charge < -0.3 is 23.8 Å². The van der Waals surface area contributed by atoms with Crippen molar-refractivity contribution in [3.63, 3.8) is 0 Å². The molecule has 11 heteroatoms. The fourth-order valence-corrected chi connectivity index (χ4v) is 4.77. The van der Waals surface area contributed by atoms with Gasteiger partial charge in [0.05, 0.1) is 39.2 Å². The molecule has 1 saturated heterocycles. The zero-order chi connectivity index (χ0) is 27.8. The second kappa shape index (κ2) is 13.5. The van der Waals surface area contributed by atoms with Crippen LogP contribution in [0.15, 0.2) is 47.6 Å². The highest BCUT2D eigenvalue weighted by Crippen LogP contribution is 2.39. The predicted molar refractivity (Wildman–Crippen MR) is 142 cm³/mol. The molecular formula is C28H35FN4O6. The van der Waals surface area contributed by atoms with Crippen LogP contribution in [0.3, 0.4) is 0 Å². The minimum Gasteiger partial charge on any atom is -0.497 e. The standard InChI is InChI=1S/C28H35FN4O6/c1-36-19-28(35)32(11-10-31-12-14-39-15-13-31)18-27(34)33-25(22-16-20(37-2)8-9-26(22)38-3)17-24(30-33)21-6-4-5-7-23(21)29/h4-9,16,25H,10-15,17-19H2,1-3H3/t25-/m1/s1. The predicted octanol–water partition coefficient (Wildman–Crippen LogP) is 2.33. The Kier molecular flexibility index (Phi) is 9.85. The first-order chi connectivity index (χ1) is 18.9. The van der Waals surface area contributed by atoms with E-state index in [2.05, 4.69) is 10.0 Å². The number of carbonyl (C=O) groups is 2. The van der Waals surface area contributed by atoms with Crippen LogP contribution in [0.2, 0.25) is 0 Å². The molecule has 0 aromatic heterocycles.